The molecule has 2 fully saturated rings. The van der Waals surface area contributed by atoms with Gasteiger partial charge in [0.15, 0.2) is 29.3 Å². The summed E-state index contributed by atoms with van der Waals surface area (Å²) >= 11 is 0. The van der Waals surface area contributed by atoms with Gasteiger partial charge in [0, 0.05) is 11.8 Å². The van der Waals surface area contributed by atoms with Crippen LogP contribution in [0, 0.1) is 11.8 Å². The van der Waals surface area contributed by atoms with Gasteiger partial charge in [-0.15, -0.1) is 0 Å². The number of ether oxygens (including phenoxy) is 12. The first-order valence-corrected chi connectivity index (χ1v) is 23.3. The SMILES string of the molecule is COc1cc([C@@H]2c3cc4c(cc3[C@@H](O[C@H]3O[C@H](COCc5ccccc5)[C@@H](OCc5ccccc5)[C@H](OCc5ccccc5)[C@H]3OCc3ccccc3)[C@H]3COC(=O)[C@H]23)OCO4)cc(OC)c1OC. The molecule has 0 amide bonds. The standard InChI is InChI=1S/C56H56O13/c1-58-45-24-39(25-46(59-2)51(45)60-3)48-40-26-43-44(67-34-66-43)27-41(40)50(42-32-65-55(57)49(42)48)69-56-54(64-31-38-22-14-7-15-23-38)53(63-30-37-20-12-6-13-21-37)52(62-29-36-18-10-5-11-19-36)47(68-56)33-61-28-35-16-8-4-9-17-35/h4-27,42,47-50,52-54,56H,28-34H2,1-3H3/t42-,47+,48+,49-,50+,52+,53-,54+,56+/m0/s1. The summed E-state index contributed by atoms with van der Waals surface area (Å²) in [4.78, 5) is 14.3. The summed E-state index contributed by atoms with van der Waals surface area (Å²) in [6, 6.07) is 47.6. The smallest absolute Gasteiger partial charge is 0.310 e. The van der Waals surface area contributed by atoms with Gasteiger partial charge in [0.1, 0.15) is 24.4 Å². The summed E-state index contributed by atoms with van der Waals surface area (Å²) in [5.41, 5.74) is 6.26. The monoisotopic (exact) mass is 936 g/mol. The van der Waals surface area contributed by atoms with Crippen LogP contribution in [0.5, 0.6) is 28.7 Å². The van der Waals surface area contributed by atoms with E-state index in [9.17, 15) is 4.79 Å². The predicted molar refractivity (Wildman–Crippen MR) is 252 cm³/mol. The summed E-state index contributed by atoms with van der Waals surface area (Å²) in [6.07, 6.45) is -4.84. The molecule has 358 valence electrons. The molecular formula is C56H56O13. The number of rotatable bonds is 19. The van der Waals surface area contributed by atoms with Gasteiger partial charge in [0.2, 0.25) is 12.5 Å². The molecule has 1 aliphatic carbocycles. The summed E-state index contributed by atoms with van der Waals surface area (Å²) < 4.78 is 77.4. The molecule has 2 saturated heterocycles. The summed E-state index contributed by atoms with van der Waals surface area (Å²) in [5, 5.41) is 0. The molecule has 9 atom stereocenters. The summed E-state index contributed by atoms with van der Waals surface area (Å²) in [6.45, 7) is 1.37. The van der Waals surface area contributed by atoms with E-state index in [2.05, 4.69) is 0 Å². The molecule has 10 rings (SSSR count). The minimum Gasteiger partial charge on any atom is -0.493 e. The van der Waals surface area contributed by atoms with Gasteiger partial charge in [-0.2, -0.15) is 0 Å². The fraction of sp³-hybridized carbons (Fsp3) is 0.339. The van der Waals surface area contributed by atoms with E-state index >= 15 is 0 Å². The number of carbonyl (C=O) groups excluding carboxylic acids is 1. The number of esters is 1. The Bertz CT molecular complexity index is 2610. The molecule has 3 heterocycles. The highest BCUT2D eigenvalue weighted by Gasteiger charge is 2.56. The van der Waals surface area contributed by atoms with Crippen LogP contribution in [-0.2, 0) is 64.4 Å². The molecule has 0 radical (unpaired) electrons. The minimum atomic E-state index is -1.08. The molecule has 0 saturated carbocycles. The molecule has 0 spiro atoms. The fourth-order valence-electron chi connectivity index (χ4n) is 9.97. The lowest BCUT2D eigenvalue weighted by atomic mass is 9.66. The van der Waals surface area contributed by atoms with Gasteiger partial charge in [0.25, 0.3) is 0 Å². The molecule has 6 aromatic rings. The molecule has 3 aliphatic heterocycles. The van der Waals surface area contributed by atoms with E-state index in [0.717, 1.165) is 38.9 Å². The summed E-state index contributed by atoms with van der Waals surface area (Å²) in [7, 11) is 4.69. The molecule has 4 aliphatic rings. The second kappa shape index (κ2) is 21.5. The molecular weight excluding hydrogens is 881 g/mol. The van der Waals surface area contributed by atoms with Gasteiger partial charge in [-0.05, 0) is 63.2 Å². The molecule has 0 N–H and O–H groups in total. The first-order valence-electron chi connectivity index (χ1n) is 23.3. The maximum Gasteiger partial charge on any atom is 0.310 e. The third kappa shape index (κ3) is 10.0. The molecule has 6 aromatic carbocycles. The van der Waals surface area contributed by atoms with Crippen LogP contribution < -0.4 is 23.7 Å². The Morgan fingerprint density at radius 3 is 1.59 bits per heavy atom. The number of benzene rings is 6. The Morgan fingerprint density at radius 1 is 0.551 bits per heavy atom. The van der Waals surface area contributed by atoms with E-state index in [-0.39, 0.29) is 45.8 Å². The van der Waals surface area contributed by atoms with E-state index in [0.29, 0.717) is 35.4 Å². The lowest BCUT2D eigenvalue weighted by molar-refractivity contribution is -0.341. The first kappa shape index (κ1) is 46.3. The van der Waals surface area contributed by atoms with Crippen LogP contribution in [0.2, 0.25) is 0 Å². The molecule has 0 bridgehead atoms. The van der Waals surface area contributed by atoms with Crippen molar-refractivity contribution < 1.29 is 61.6 Å². The number of hydrogen-bond donors (Lipinski definition) is 0. The number of methoxy groups -OCH3 is 3. The number of fused-ring (bicyclic) bond motifs is 3. The van der Waals surface area contributed by atoms with Crippen LogP contribution in [-0.4, -0.2) is 78.0 Å². The molecule has 13 nitrogen and oxygen atoms in total. The number of hydrogen-bond acceptors (Lipinski definition) is 13. The van der Waals surface area contributed by atoms with Crippen molar-refractivity contribution in [3.8, 4) is 28.7 Å². The van der Waals surface area contributed by atoms with Crippen molar-refractivity contribution in [2.45, 2.75) is 69.2 Å². The van der Waals surface area contributed by atoms with Crippen molar-refractivity contribution >= 4 is 5.97 Å². The van der Waals surface area contributed by atoms with Crippen LogP contribution in [0.4, 0.5) is 0 Å². The van der Waals surface area contributed by atoms with Gasteiger partial charge in [-0.25, -0.2) is 0 Å². The van der Waals surface area contributed by atoms with Gasteiger partial charge in [0.05, 0.1) is 73.0 Å². The maximum absolute atomic E-state index is 14.3. The van der Waals surface area contributed by atoms with Crippen molar-refractivity contribution in [1.29, 1.82) is 0 Å². The van der Waals surface area contributed by atoms with Gasteiger partial charge in [-0.1, -0.05) is 121 Å². The Hall–Kier alpha value is -6.45. The number of carbonyl (C=O) groups is 1. The largest absolute Gasteiger partial charge is 0.493 e. The van der Waals surface area contributed by atoms with Crippen molar-refractivity contribution in [2.24, 2.45) is 11.8 Å². The Labute approximate surface area is 402 Å². The van der Waals surface area contributed by atoms with Crippen LogP contribution >= 0.6 is 0 Å². The average Bonchev–Trinajstić information content (AvgIpc) is 4.03. The molecule has 69 heavy (non-hydrogen) atoms. The second-order valence-electron chi connectivity index (χ2n) is 17.5. The molecule has 0 unspecified atom stereocenters. The van der Waals surface area contributed by atoms with Crippen LogP contribution in [0.3, 0.4) is 0 Å². The minimum absolute atomic E-state index is 0.0457. The van der Waals surface area contributed by atoms with Crippen LogP contribution in [0.15, 0.2) is 146 Å². The maximum atomic E-state index is 14.3. The topological polar surface area (TPSA) is 128 Å². The molecule has 13 heteroatoms. The zero-order valence-electron chi connectivity index (χ0n) is 38.8. The van der Waals surface area contributed by atoms with Gasteiger partial charge >= 0.3 is 5.97 Å². The predicted octanol–water partition coefficient (Wildman–Crippen LogP) is 9.13. The normalized spacial score (nSPS) is 24.5. The van der Waals surface area contributed by atoms with Crippen molar-refractivity contribution in [3.63, 3.8) is 0 Å². The van der Waals surface area contributed by atoms with Gasteiger partial charge < -0.3 is 56.8 Å². The van der Waals surface area contributed by atoms with Crippen LogP contribution in [0.1, 0.15) is 51.0 Å². The Kier molecular flexibility index (Phi) is 14.4. The first-order chi connectivity index (χ1) is 34.0. The highest BCUT2D eigenvalue weighted by molar-refractivity contribution is 5.79. The van der Waals surface area contributed by atoms with Crippen molar-refractivity contribution in [2.75, 3.05) is 41.3 Å². The quantitative estimate of drug-likeness (QED) is 0.0718. The third-order valence-corrected chi connectivity index (χ3v) is 13.3. The van der Waals surface area contributed by atoms with E-state index in [1.165, 1.54) is 0 Å². The van der Waals surface area contributed by atoms with Crippen molar-refractivity contribution in [3.05, 3.63) is 185 Å². The van der Waals surface area contributed by atoms with E-state index < -0.39 is 54.6 Å². The fourth-order valence-corrected chi connectivity index (χ4v) is 9.97. The Morgan fingerprint density at radius 2 is 1.06 bits per heavy atom. The number of cyclic esters (lactones) is 1. The lowest BCUT2D eigenvalue weighted by Gasteiger charge is -2.48. The zero-order chi connectivity index (χ0) is 47.1. The van der Waals surface area contributed by atoms with E-state index in [4.69, 9.17) is 56.8 Å². The Balaban J connectivity index is 1.07. The van der Waals surface area contributed by atoms with Gasteiger partial charge in [-0.3, -0.25) is 4.79 Å². The molecule has 0 aromatic heterocycles. The average molecular weight is 937 g/mol. The summed E-state index contributed by atoms with van der Waals surface area (Å²) in [5.74, 6) is 0.376. The zero-order valence-corrected chi connectivity index (χ0v) is 38.8. The van der Waals surface area contributed by atoms with Crippen molar-refractivity contribution in [1.82, 2.24) is 0 Å². The van der Waals surface area contributed by atoms with E-state index in [1.807, 2.05) is 146 Å². The third-order valence-electron chi connectivity index (χ3n) is 13.3. The highest BCUT2D eigenvalue weighted by Crippen LogP contribution is 2.57. The lowest BCUT2D eigenvalue weighted by Crippen LogP contribution is -2.62. The highest BCUT2D eigenvalue weighted by atomic mass is 16.7. The van der Waals surface area contributed by atoms with E-state index in [1.54, 1.807) is 21.3 Å². The van der Waals surface area contributed by atoms with Crippen LogP contribution in [0.25, 0.3) is 0 Å². The second-order valence-corrected chi connectivity index (χ2v) is 17.5.